The summed E-state index contributed by atoms with van der Waals surface area (Å²) in [5, 5.41) is 23.5. The molecule has 0 aliphatic heterocycles. The molecule has 0 aromatic rings. The first-order valence-corrected chi connectivity index (χ1v) is 20.4. The molecule has 6 heteroatoms. The van der Waals surface area contributed by atoms with Crippen molar-refractivity contribution in [1.29, 1.82) is 0 Å². The van der Waals surface area contributed by atoms with Gasteiger partial charge in [-0.15, -0.1) is 0 Å². The number of nitrogens with one attached hydrogen (secondary N) is 1. The molecule has 3 unspecified atom stereocenters. The van der Waals surface area contributed by atoms with Crippen molar-refractivity contribution in [2.75, 3.05) is 6.61 Å². The molecule has 0 saturated carbocycles. The van der Waals surface area contributed by atoms with Crippen molar-refractivity contribution in [3.05, 3.63) is 12.2 Å². The molecule has 0 spiro atoms. The van der Waals surface area contributed by atoms with Crippen molar-refractivity contribution in [3.8, 4) is 0 Å². The topological polar surface area (TPSA) is 95.9 Å². The van der Waals surface area contributed by atoms with Crippen molar-refractivity contribution in [3.63, 3.8) is 0 Å². The van der Waals surface area contributed by atoms with Crippen LogP contribution < -0.4 is 5.32 Å². The summed E-state index contributed by atoms with van der Waals surface area (Å²) >= 11 is 0. The lowest BCUT2D eigenvalue weighted by atomic mass is 10.0. The molecule has 0 radical (unpaired) electrons. The molecule has 0 aliphatic rings. The van der Waals surface area contributed by atoms with Crippen LogP contribution in [0.4, 0.5) is 0 Å². The summed E-state index contributed by atoms with van der Waals surface area (Å²) in [4.78, 5) is 25.7. The molecule has 3 atom stereocenters. The summed E-state index contributed by atoms with van der Waals surface area (Å²) in [7, 11) is 0. The van der Waals surface area contributed by atoms with E-state index in [0.29, 0.717) is 19.3 Å². The maximum Gasteiger partial charge on any atom is 0.306 e. The second kappa shape index (κ2) is 35.9. The molecule has 0 rings (SSSR count). The van der Waals surface area contributed by atoms with Gasteiger partial charge >= 0.3 is 5.97 Å². The van der Waals surface area contributed by atoms with Crippen LogP contribution >= 0.6 is 0 Å². The number of carbonyl (C=O) groups excluding carboxylic acids is 2. The van der Waals surface area contributed by atoms with E-state index in [4.69, 9.17) is 4.74 Å². The first-order valence-electron chi connectivity index (χ1n) is 20.4. The van der Waals surface area contributed by atoms with E-state index in [-0.39, 0.29) is 24.9 Å². The fourth-order valence-corrected chi connectivity index (χ4v) is 6.20. The molecule has 0 fully saturated rings. The molecular weight excluding hydrogens is 586 g/mol. The van der Waals surface area contributed by atoms with Gasteiger partial charge in [0.1, 0.15) is 6.10 Å². The Hall–Kier alpha value is -1.40. The van der Waals surface area contributed by atoms with E-state index in [2.05, 4.69) is 38.2 Å². The van der Waals surface area contributed by atoms with Crippen molar-refractivity contribution in [2.24, 2.45) is 0 Å². The van der Waals surface area contributed by atoms with Crippen LogP contribution in [-0.2, 0) is 14.3 Å². The van der Waals surface area contributed by atoms with Crippen LogP contribution in [0.2, 0.25) is 0 Å². The predicted octanol–water partition coefficient (Wildman–Crippen LogP) is 11.1. The molecule has 0 bridgehead atoms. The van der Waals surface area contributed by atoms with Crippen LogP contribution in [0.1, 0.15) is 213 Å². The number of aliphatic hydroxyl groups is 2. The highest BCUT2D eigenvalue weighted by Crippen LogP contribution is 2.17. The first-order chi connectivity index (χ1) is 23.0. The SMILES string of the molecule is CCC/C=C\CCCCCC(CC(=O)NC(CO)C(O)CCCCCCCCCCCC)OC(=O)CCCCCCCCCCCC. The van der Waals surface area contributed by atoms with Crippen LogP contribution in [0.25, 0.3) is 0 Å². The second-order valence-electron chi connectivity index (χ2n) is 14.0. The fourth-order valence-electron chi connectivity index (χ4n) is 6.20. The smallest absolute Gasteiger partial charge is 0.306 e. The maximum absolute atomic E-state index is 13.0. The Morgan fingerprint density at radius 2 is 1.06 bits per heavy atom. The summed E-state index contributed by atoms with van der Waals surface area (Å²) in [5.74, 6) is -0.491. The first kappa shape index (κ1) is 45.6. The van der Waals surface area contributed by atoms with Gasteiger partial charge in [0.05, 0.1) is 25.2 Å². The minimum absolute atomic E-state index is 0.0711. The summed E-state index contributed by atoms with van der Waals surface area (Å²) in [6.07, 6.45) is 35.6. The third-order valence-corrected chi connectivity index (χ3v) is 9.33. The lowest BCUT2D eigenvalue weighted by Crippen LogP contribution is -2.46. The quantitative estimate of drug-likeness (QED) is 0.0352. The van der Waals surface area contributed by atoms with Crippen LogP contribution in [0.3, 0.4) is 0 Å². The Kier molecular flexibility index (Phi) is 34.8. The van der Waals surface area contributed by atoms with E-state index in [1.807, 2.05) is 0 Å². The van der Waals surface area contributed by atoms with E-state index >= 15 is 0 Å². The van der Waals surface area contributed by atoms with E-state index in [9.17, 15) is 19.8 Å². The number of ether oxygens (including phenoxy) is 1. The highest BCUT2D eigenvalue weighted by atomic mass is 16.5. The number of hydrogen-bond acceptors (Lipinski definition) is 5. The minimum atomic E-state index is -0.781. The molecule has 0 saturated heterocycles. The summed E-state index contributed by atoms with van der Waals surface area (Å²) in [6.45, 7) is 6.36. The van der Waals surface area contributed by atoms with Crippen molar-refractivity contribution in [2.45, 2.75) is 232 Å². The Morgan fingerprint density at radius 1 is 0.596 bits per heavy atom. The maximum atomic E-state index is 13.0. The van der Waals surface area contributed by atoms with Crippen LogP contribution in [-0.4, -0.2) is 46.9 Å². The van der Waals surface area contributed by atoms with Gasteiger partial charge in [0.25, 0.3) is 0 Å². The van der Waals surface area contributed by atoms with Gasteiger partial charge in [-0.05, 0) is 44.9 Å². The Labute approximate surface area is 291 Å². The Balaban J connectivity index is 4.55. The van der Waals surface area contributed by atoms with E-state index in [1.165, 1.54) is 89.9 Å². The lowest BCUT2D eigenvalue weighted by Gasteiger charge is -2.24. The van der Waals surface area contributed by atoms with Gasteiger partial charge in [0.2, 0.25) is 5.91 Å². The van der Waals surface area contributed by atoms with Gasteiger partial charge in [-0.1, -0.05) is 168 Å². The lowest BCUT2D eigenvalue weighted by molar-refractivity contribution is -0.151. The van der Waals surface area contributed by atoms with Gasteiger partial charge in [-0.25, -0.2) is 0 Å². The molecule has 0 aromatic heterocycles. The number of amides is 1. The molecule has 0 heterocycles. The standard InChI is InChI=1S/C41H79NO5/c1-4-7-10-13-16-19-21-24-27-30-33-39(44)38(36-43)42-40(45)35-37(32-29-26-23-18-15-12-9-6-3)47-41(46)34-31-28-25-22-20-17-14-11-8-5-2/h12,15,37-39,43-44H,4-11,13-14,16-36H2,1-3H3,(H,42,45)/b15-12-. The Bertz CT molecular complexity index is 712. The van der Waals surface area contributed by atoms with Gasteiger partial charge in [-0.2, -0.15) is 0 Å². The zero-order valence-electron chi connectivity index (χ0n) is 31.4. The summed E-state index contributed by atoms with van der Waals surface area (Å²) in [6, 6.07) is -0.695. The van der Waals surface area contributed by atoms with Gasteiger partial charge < -0.3 is 20.3 Å². The van der Waals surface area contributed by atoms with Gasteiger partial charge in [0.15, 0.2) is 0 Å². The number of carbonyl (C=O) groups is 2. The molecular formula is C41H79NO5. The molecule has 0 aliphatic carbocycles. The zero-order chi connectivity index (χ0) is 34.6. The van der Waals surface area contributed by atoms with E-state index in [1.54, 1.807) is 0 Å². The normalized spacial score (nSPS) is 13.6. The molecule has 47 heavy (non-hydrogen) atoms. The fraction of sp³-hybridized carbons (Fsp3) is 0.902. The van der Waals surface area contributed by atoms with Crippen LogP contribution in [0.5, 0.6) is 0 Å². The van der Waals surface area contributed by atoms with Crippen LogP contribution in [0.15, 0.2) is 12.2 Å². The molecule has 6 nitrogen and oxygen atoms in total. The largest absolute Gasteiger partial charge is 0.462 e. The second-order valence-corrected chi connectivity index (χ2v) is 14.0. The number of aliphatic hydroxyl groups excluding tert-OH is 2. The van der Waals surface area contributed by atoms with E-state index < -0.39 is 18.2 Å². The molecule has 278 valence electrons. The molecule has 1 amide bonds. The predicted molar refractivity (Wildman–Crippen MR) is 200 cm³/mol. The van der Waals surface area contributed by atoms with Crippen molar-refractivity contribution in [1.82, 2.24) is 5.32 Å². The average molecular weight is 666 g/mol. The monoisotopic (exact) mass is 666 g/mol. The zero-order valence-corrected chi connectivity index (χ0v) is 31.4. The number of esters is 1. The van der Waals surface area contributed by atoms with Gasteiger partial charge in [0, 0.05) is 6.42 Å². The molecule has 3 N–H and O–H groups in total. The highest BCUT2D eigenvalue weighted by Gasteiger charge is 2.24. The Morgan fingerprint density at radius 3 is 1.60 bits per heavy atom. The van der Waals surface area contributed by atoms with E-state index in [0.717, 1.165) is 77.0 Å². The van der Waals surface area contributed by atoms with Crippen LogP contribution in [0, 0.1) is 0 Å². The number of allylic oxidation sites excluding steroid dienone is 2. The number of hydrogen-bond donors (Lipinski definition) is 3. The summed E-state index contributed by atoms with van der Waals surface area (Å²) in [5.41, 5.74) is 0. The third kappa shape index (κ3) is 31.6. The highest BCUT2D eigenvalue weighted by molar-refractivity contribution is 5.77. The number of rotatable bonds is 36. The van der Waals surface area contributed by atoms with Gasteiger partial charge in [-0.3, -0.25) is 9.59 Å². The third-order valence-electron chi connectivity index (χ3n) is 9.33. The average Bonchev–Trinajstić information content (AvgIpc) is 3.06. The summed E-state index contributed by atoms with van der Waals surface area (Å²) < 4.78 is 5.84. The molecule has 0 aromatic carbocycles. The number of unbranched alkanes of at least 4 members (excludes halogenated alkanes) is 22. The van der Waals surface area contributed by atoms with Crippen molar-refractivity contribution < 1.29 is 24.5 Å². The van der Waals surface area contributed by atoms with Crippen molar-refractivity contribution >= 4 is 11.9 Å². The minimum Gasteiger partial charge on any atom is -0.462 e.